The highest BCUT2D eigenvalue weighted by atomic mass is 14.7. The quantitative estimate of drug-likeness (QED) is 0.696. The van der Waals surface area contributed by atoms with Crippen LogP contribution < -0.4 is 5.73 Å². The van der Waals surface area contributed by atoms with E-state index < -0.39 is 0 Å². The maximum atomic E-state index is 6.05. The monoisotopic (exact) mass is 185 g/mol. The Morgan fingerprint density at radius 3 is 1.92 bits per heavy atom. The number of hydrogen-bond acceptors (Lipinski definition) is 1. The third kappa shape index (κ3) is 5.30. The van der Waals surface area contributed by atoms with Crippen LogP contribution in [-0.4, -0.2) is 5.54 Å². The lowest BCUT2D eigenvalue weighted by Crippen LogP contribution is -2.39. The van der Waals surface area contributed by atoms with Crippen LogP contribution in [0.2, 0.25) is 0 Å². The maximum Gasteiger partial charge on any atom is 0.0123 e. The van der Waals surface area contributed by atoms with Crippen molar-refractivity contribution >= 4 is 0 Å². The van der Waals surface area contributed by atoms with Crippen molar-refractivity contribution in [1.29, 1.82) is 0 Å². The Morgan fingerprint density at radius 2 is 1.62 bits per heavy atom. The molecule has 0 aromatic rings. The summed E-state index contributed by atoms with van der Waals surface area (Å²) in [7, 11) is 0. The van der Waals surface area contributed by atoms with Crippen LogP contribution in [0, 0.1) is 11.3 Å². The SMILES string of the molecule is CCC(C)(C)CC[C@@H](C)C(C)(C)N. The Labute approximate surface area is 84.1 Å². The summed E-state index contributed by atoms with van der Waals surface area (Å²) >= 11 is 0. The summed E-state index contributed by atoms with van der Waals surface area (Å²) in [6.07, 6.45) is 3.78. The summed E-state index contributed by atoms with van der Waals surface area (Å²) in [5.41, 5.74) is 6.51. The molecule has 80 valence electrons. The molecule has 0 saturated heterocycles. The molecule has 0 aromatic heterocycles. The summed E-state index contributed by atoms with van der Waals surface area (Å²) < 4.78 is 0. The highest BCUT2D eigenvalue weighted by molar-refractivity contribution is 4.80. The second-order valence-corrected chi connectivity index (χ2v) is 5.78. The Balaban J connectivity index is 3.90. The second kappa shape index (κ2) is 4.45. The summed E-state index contributed by atoms with van der Waals surface area (Å²) in [5, 5.41) is 0. The van der Waals surface area contributed by atoms with E-state index in [1.807, 2.05) is 0 Å². The fourth-order valence-corrected chi connectivity index (χ4v) is 1.16. The first kappa shape index (κ1) is 13.0. The van der Waals surface area contributed by atoms with Gasteiger partial charge in [0.15, 0.2) is 0 Å². The van der Waals surface area contributed by atoms with Gasteiger partial charge in [0.1, 0.15) is 0 Å². The summed E-state index contributed by atoms with van der Waals surface area (Å²) in [5.74, 6) is 0.610. The zero-order chi connectivity index (χ0) is 10.7. The number of nitrogens with two attached hydrogens (primary N) is 1. The van der Waals surface area contributed by atoms with Gasteiger partial charge in [-0.2, -0.15) is 0 Å². The van der Waals surface area contributed by atoms with Crippen LogP contribution in [0.15, 0.2) is 0 Å². The molecule has 0 rings (SSSR count). The molecule has 13 heavy (non-hydrogen) atoms. The molecular weight excluding hydrogens is 158 g/mol. The Hall–Kier alpha value is -0.0400. The van der Waals surface area contributed by atoms with E-state index in [4.69, 9.17) is 5.73 Å². The lowest BCUT2D eigenvalue weighted by molar-refractivity contribution is 0.245. The molecule has 0 unspecified atom stereocenters. The van der Waals surface area contributed by atoms with Crippen LogP contribution in [0.4, 0.5) is 0 Å². The first-order valence-electron chi connectivity index (χ1n) is 5.48. The average molecular weight is 185 g/mol. The van der Waals surface area contributed by atoms with Crippen molar-refractivity contribution in [3.05, 3.63) is 0 Å². The van der Waals surface area contributed by atoms with E-state index >= 15 is 0 Å². The zero-order valence-electron chi connectivity index (χ0n) is 10.3. The van der Waals surface area contributed by atoms with Crippen molar-refractivity contribution in [1.82, 2.24) is 0 Å². The highest BCUT2D eigenvalue weighted by Crippen LogP contribution is 2.30. The van der Waals surface area contributed by atoms with E-state index in [-0.39, 0.29) is 5.54 Å². The normalized spacial score (nSPS) is 15.9. The second-order valence-electron chi connectivity index (χ2n) is 5.78. The van der Waals surface area contributed by atoms with Crippen LogP contribution in [0.1, 0.15) is 60.8 Å². The largest absolute Gasteiger partial charge is 0.325 e. The highest BCUT2D eigenvalue weighted by Gasteiger charge is 2.23. The smallest absolute Gasteiger partial charge is 0.0123 e. The summed E-state index contributed by atoms with van der Waals surface area (Å²) in [6, 6.07) is 0. The van der Waals surface area contributed by atoms with E-state index in [9.17, 15) is 0 Å². The molecule has 1 atom stereocenters. The summed E-state index contributed by atoms with van der Waals surface area (Å²) in [6.45, 7) is 13.4. The van der Waals surface area contributed by atoms with Crippen LogP contribution in [0.5, 0.6) is 0 Å². The van der Waals surface area contributed by atoms with Gasteiger partial charge in [0, 0.05) is 5.54 Å². The fourth-order valence-electron chi connectivity index (χ4n) is 1.16. The lowest BCUT2D eigenvalue weighted by Gasteiger charge is -2.31. The standard InChI is InChI=1S/C12H27N/c1-7-11(3,4)9-8-10(2)12(5,6)13/h10H,7-9,13H2,1-6H3/t10-/m1/s1. The molecule has 0 saturated carbocycles. The van der Waals surface area contributed by atoms with Gasteiger partial charge in [0.2, 0.25) is 0 Å². The van der Waals surface area contributed by atoms with Gasteiger partial charge >= 0.3 is 0 Å². The van der Waals surface area contributed by atoms with Gasteiger partial charge in [-0.25, -0.2) is 0 Å². The van der Waals surface area contributed by atoms with Crippen LogP contribution in [-0.2, 0) is 0 Å². The molecule has 0 aromatic carbocycles. The Morgan fingerprint density at radius 1 is 1.15 bits per heavy atom. The van der Waals surface area contributed by atoms with Crippen molar-refractivity contribution in [2.24, 2.45) is 17.1 Å². The third-order valence-corrected chi connectivity index (χ3v) is 3.48. The minimum absolute atomic E-state index is 0.0240. The third-order valence-electron chi connectivity index (χ3n) is 3.48. The predicted octanol–water partition coefficient (Wildman–Crippen LogP) is 3.58. The van der Waals surface area contributed by atoms with E-state index in [0.717, 1.165) is 0 Å². The van der Waals surface area contributed by atoms with Crippen LogP contribution in [0.25, 0.3) is 0 Å². The minimum Gasteiger partial charge on any atom is -0.325 e. The molecular formula is C12H27N. The van der Waals surface area contributed by atoms with Gasteiger partial charge in [-0.1, -0.05) is 34.1 Å². The molecule has 1 nitrogen and oxygen atoms in total. The Bertz CT molecular complexity index is 142. The van der Waals surface area contributed by atoms with Gasteiger partial charge in [-0.15, -0.1) is 0 Å². The Kier molecular flexibility index (Phi) is 4.44. The summed E-state index contributed by atoms with van der Waals surface area (Å²) in [4.78, 5) is 0. The molecule has 0 aliphatic rings. The van der Waals surface area contributed by atoms with Crippen molar-refractivity contribution in [2.45, 2.75) is 66.3 Å². The lowest BCUT2D eigenvalue weighted by atomic mass is 9.78. The van der Waals surface area contributed by atoms with Crippen LogP contribution in [0.3, 0.4) is 0 Å². The van der Waals surface area contributed by atoms with E-state index in [1.165, 1.54) is 19.3 Å². The van der Waals surface area contributed by atoms with Crippen molar-refractivity contribution < 1.29 is 0 Å². The predicted molar refractivity (Wildman–Crippen MR) is 60.7 cm³/mol. The topological polar surface area (TPSA) is 26.0 Å². The van der Waals surface area contributed by atoms with Gasteiger partial charge in [0.25, 0.3) is 0 Å². The van der Waals surface area contributed by atoms with Crippen LogP contribution >= 0.6 is 0 Å². The molecule has 1 heteroatoms. The molecule has 0 aliphatic heterocycles. The van der Waals surface area contributed by atoms with E-state index in [0.29, 0.717) is 11.3 Å². The first-order valence-corrected chi connectivity index (χ1v) is 5.48. The molecule has 0 fully saturated rings. The molecule has 0 aliphatic carbocycles. The fraction of sp³-hybridized carbons (Fsp3) is 1.00. The zero-order valence-corrected chi connectivity index (χ0v) is 10.3. The van der Waals surface area contributed by atoms with Gasteiger partial charge in [0.05, 0.1) is 0 Å². The van der Waals surface area contributed by atoms with Gasteiger partial charge in [-0.3, -0.25) is 0 Å². The van der Waals surface area contributed by atoms with Crippen molar-refractivity contribution in [2.75, 3.05) is 0 Å². The maximum absolute atomic E-state index is 6.05. The first-order chi connectivity index (χ1) is 5.69. The molecule has 0 radical (unpaired) electrons. The molecule has 2 N–H and O–H groups in total. The van der Waals surface area contributed by atoms with Crippen molar-refractivity contribution in [3.63, 3.8) is 0 Å². The van der Waals surface area contributed by atoms with Gasteiger partial charge in [-0.05, 0) is 38.0 Å². The molecule has 0 spiro atoms. The molecule has 0 heterocycles. The van der Waals surface area contributed by atoms with E-state index in [2.05, 4.69) is 41.5 Å². The van der Waals surface area contributed by atoms with Crippen molar-refractivity contribution in [3.8, 4) is 0 Å². The molecule has 0 bridgehead atoms. The number of rotatable bonds is 5. The van der Waals surface area contributed by atoms with E-state index in [1.54, 1.807) is 0 Å². The molecule has 0 amide bonds. The average Bonchev–Trinajstić information content (AvgIpc) is 1.98. The van der Waals surface area contributed by atoms with Gasteiger partial charge < -0.3 is 5.73 Å². The number of hydrogen-bond donors (Lipinski definition) is 1. The minimum atomic E-state index is -0.0240.